The summed E-state index contributed by atoms with van der Waals surface area (Å²) >= 11 is 0. The van der Waals surface area contributed by atoms with Gasteiger partial charge in [0.25, 0.3) is 5.69 Å². The monoisotopic (exact) mass is 296 g/mol. The Labute approximate surface area is 121 Å². The number of nitrogens with one attached hydrogen (secondary N) is 1. The molecule has 114 valence electrons. The first kappa shape index (κ1) is 15.2. The molecule has 0 aliphatic heterocycles. The topological polar surface area (TPSA) is 81.5 Å². The van der Waals surface area contributed by atoms with Gasteiger partial charge in [0.1, 0.15) is 11.5 Å². The maximum atomic E-state index is 13.3. The lowest BCUT2D eigenvalue weighted by atomic mass is 9.86. The lowest BCUT2D eigenvalue weighted by Gasteiger charge is -2.28. The van der Waals surface area contributed by atoms with Crippen LogP contribution in [0, 0.1) is 21.8 Å². The van der Waals surface area contributed by atoms with Gasteiger partial charge in [0, 0.05) is 18.2 Å². The highest BCUT2D eigenvalue weighted by molar-refractivity contribution is 5.72. The van der Waals surface area contributed by atoms with E-state index < -0.39 is 10.7 Å². The lowest BCUT2D eigenvalue weighted by Crippen LogP contribution is -2.30. The van der Waals surface area contributed by atoms with E-state index in [1.807, 2.05) is 0 Å². The second-order valence-corrected chi connectivity index (χ2v) is 5.13. The van der Waals surface area contributed by atoms with E-state index in [1.165, 1.54) is 7.11 Å². The van der Waals surface area contributed by atoms with Crippen molar-refractivity contribution < 1.29 is 18.8 Å². The molecule has 1 aliphatic rings. The van der Waals surface area contributed by atoms with E-state index in [2.05, 4.69) is 5.32 Å². The van der Waals surface area contributed by atoms with Crippen LogP contribution >= 0.6 is 0 Å². The number of ether oxygens (including phenoxy) is 1. The number of nitro groups is 1. The molecule has 0 heterocycles. The molecule has 0 amide bonds. The van der Waals surface area contributed by atoms with Crippen LogP contribution in [0.5, 0.6) is 0 Å². The molecule has 1 fully saturated rings. The Bertz CT molecular complexity index is 542. The normalized spacial score (nSPS) is 21.6. The molecular weight excluding hydrogens is 279 g/mol. The van der Waals surface area contributed by atoms with Crippen LogP contribution in [0.1, 0.15) is 25.7 Å². The maximum Gasteiger partial charge on any atom is 0.308 e. The molecule has 1 N–H and O–H groups in total. The number of rotatable bonds is 4. The lowest BCUT2D eigenvalue weighted by molar-refractivity contribution is -0.384. The van der Waals surface area contributed by atoms with E-state index in [1.54, 1.807) is 0 Å². The molecule has 1 aliphatic carbocycles. The highest BCUT2D eigenvalue weighted by atomic mass is 19.1. The Morgan fingerprint density at radius 2 is 2.05 bits per heavy atom. The van der Waals surface area contributed by atoms with Gasteiger partial charge in [-0.25, -0.2) is 4.39 Å². The van der Waals surface area contributed by atoms with Crippen molar-refractivity contribution in [2.75, 3.05) is 12.4 Å². The van der Waals surface area contributed by atoms with Gasteiger partial charge < -0.3 is 10.1 Å². The summed E-state index contributed by atoms with van der Waals surface area (Å²) in [6, 6.07) is 3.34. The fourth-order valence-corrected chi connectivity index (χ4v) is 2.64. The summed E-state index contributed by atoms with van der Waals surface area (Å²) in [5, 5.41) is 14.0. The molecule has 0 aromatic heterocycles. The van der Waals surface area contributed by atoms with E-state index in [-0.39, 0.29) is 29.3 Å². The standard InChI is InChI=1S/C14H17FN2O4/c1-21-14(18)9-2-5-11(6-3-9)16-12-8-10(15)4-7-13(12)17(19)20/h4,7-9,11,16H,2-3,5-6H2,1H3. The Kier molecular flexibility index (Phi) is 4.72. The number of anilines is 1. The predicted octanol–water partition coefficient (Wildman–Crippen LogP) is 2.88. The van der Waals surface area contributed by atoms with E-state index in [9.17, 15) is 19.3 Å². The van der Waals surface area contributed by atoms with Crippen LogP contribution in [-0.2, 0) is 9.53 Å². The van der Waals surface area contributed by atoms with E-state index in [0.717, 1.165) is 18.2 Å². The molecule has 0 atom stereocenters. The smallest absolute Gasteiger partial charge is 0.308 e. The van der Waals surface area contributed by atoms with E-state index in [4.69, 9.17) is 4.74 Å². The van der Waals surface area contributed by atoms with Gasteiger partial charge in [0.05, 0.1) is 18.0 Å². The number of methoxy groups -OCH3 is 1. The minimum Gasteiger partial charge on any atom is -0.469 e. The molecule has 21 heavy (non-hydrogen) atoms. The molecule has 7 heteroatoms. The minimum absolute atomic E-state index is 0.00796. The summed E-state index contributed by atoms with van der Waals surface area (Å²) in [4.78, 5) is 21.8. The fraction of sp³-hybridized carbons (Fsp3) is 0.500. The van der Waals surface area contributed by atoms with Crippen molar-refractivity contribution in [3.8, 4) is 0 Å². The van der Waals surface area contributed by atoms with E-state index in [0.29, 0.717) is 25.7 Å². The molecule has 1 aromatic rings. The quantitative estimate of drug-likeness (QED) is 0.525. The molecule has 0 unspecified atom stereocenters. The highest BCUT2D eigenvalue weighted by Crippen LogP contribution is 2.31. The molecule has 0 spiro atoms. The minimum atomic E-state index is -0.540. The summed E-state index contributed by atoms with van der Waals surface area (Å²) in [6.07, 6.45) is 2.70. The van der Waals surface area contributed by atoms with Crippen LogP contribution in [0.25, 0.3) is 0 Å². The number of esters is 1. The average molecular weight is 296 g/mol. The molecule has 0 radical (unpaired) electrons. The Morgan fingerprint density at radius 1 is 1.38 bits per heavy atom. The third-order valence-corrected chi connectivity index (χ3v) is 3.78. The Balaban J connectivity index is 2.02. The molecule has 6 nitrogen and oxygen atoms in total. The summed E-state index contributed by atoms with van der Waals surface area (Å²) < 4.78 is 18.0. The van der Waals surface area contributed by atoms with Crippen LogP contribution in [0.2, 0.25) is 0 Å². The maximum absolute atomic E-state index is 13.3. The van der Waals surface area contributed by atoms with Crippen molar-refractivity contribution in [3.63, 3.8) is 0 Å². The molecular formula is C14H17FN2O4. The van der Waals surface area contributed by atoms with Gasteiger partial charge in [-0.1, -0.05) is 0 Å². The number of halogens is 1. The third-order valence-electron chi connectivity index (χ3n) is 3.78. The number of benzene rings is 1. The number of hydrogen-bond donors (Lipinski definition) is 1. The number of carbonyl (C=O) groups is 1. The van der Waals surface area contributed by atoms with Crippen LogP contribution in [-0.4, -0.2) is 24.0 Å². The fourth-order valence-electron chi connectivity index (χ4n) is 2.64. The second-order valence-electron chi connectivity index (χ2n) is 5.13. The number of hydrogen-bond acceptors (Lipinski definition) is 5. The van der Waals surface area contributed by atoms with Gasteiger partial charge in [0.2, 0.25) is 0 Å². The number of carbonyl (C=O) groups excluding carboxylic acids is 1. The van der Waals surface area contributed by atoms with Gasteiger partial charge in [-0.05, 0) is 31.7 Å². The van der Waals surface area contributed by atoms with Gasteiger partial charge >= 0.3 is 5.97 Å². The first-order valence-corrected chi connectivity index (χ1v) is 6.79. The zero-order valence-corrected chi connectivity index (χ0v) is 11.7. The van der Waals surface area contributed by atoms with Crippen molar-refractivity contribution in [2.24, 2.45) is 5.92 Å². The highest BCUT2D eigenvalue weighted by Gasteiger charge is 2.28. The molecule has 2 rings (SSSR count). The van der Waals surface area contributed by atoms with Gasteiger partial charge in [-0.2, -0.15) is 0 Å². The summed E-state index contributed by atoms with van der Waals surface area (Å²) in [5.74, 6) is -0.855. The second kappa shape index (κ2) is 6.51. The summed E-state index contributed by atoms with van der Waals surface area (Å²) in [7, 11) is 1.36. The molecule has 1 aromatic carbocycles. The van der Waals surface area contributed by atoms with Crippen LogP contribution in [0.15, 0.2) is 18.2 Å². The van der Waals surface area contributed by atoms with E-state index >= 15 is 0 Å². The number of nitrogens with zero attached hydrogens (tertiary/aromatic N) is 1. The Morgan fingerprint density at radius 3 is 2.62 bits per heavy atom. The van der Waals surface area contributed by atoms with Crippen LogP contribution in [0.4, 0.5) is 15.8 Å². The van der Waals surface area contributed by atoms with Crippen molar-refractivity contribution >= 4 is 17.3 Å². The van der Waals surface area contributed by atoms with Crippen molar-refractivity contribution in [2.45, 2.75) is 31.7 Å². The van der Waals surface area contributed by atoms with Crippen molar-refractivity contribution in [1.82, 2.24) is 0 Å². The van der Waals surface area contributed by atoms with Crippen LogP contribution < -0.4 is 5.32 Å². The summed E-state index contributed by atoms with van der Waals surface area (Å²) in [5.41, 5.74) is 0.0352. The van der Waals surface area contributed by atoms with Crippen LogP contribution in [0.3, 0.4) is 0 Å². The number of nitro benzene ring substituents is 1. The first-order chi connectivity index (χ1) is 10.0. The largest absolute Gasteiger partial charge is 0.469 e. The third kappa shape index (κ3) is 3.68. The molecule has 1 saturated carbocycles. The Hall–Kier alpha value is -2.18. The van der Waals surface area contributed by atoms with Gasteiger partial charge in [-0.3, -0.25) is 14.9 Å². The van der Waals surface area contributed by atoms with Crippen molar-refractivity contribution in [3.05, 3.63) is 34.1 Å². The van der Waals surface area contributed by atoms with Crippen molar-refractivity contribution in [1.29, 1.82) is 0 Å². The van der Waals surface area contributed by atoms with Gasteiger partial charge in [-0.15, -0.1) is 0 Å². The first-order valence-electron chi connectivity index (χ1n) is 6.79. The average Bonchev–Trinajstić information content (AvgIpc) is 2.47. The molecule has 0 saturated heterocycles. The zero-order valence-electron chi connectivity index (χ0n) is 11.7. The molecule has 0 bridgehead atoms. The summed E-state index contributed by atoms with van der Waals surface area (Å²) in [6.45, 7) is 0. The van der Waals surface area contributed by atoms with Gasteiger partial charge in [0.15, 0.2) is 0 Å². The zero-order chi connectivity index (χ0) is 15.4. The SMILES string of the molecule is COC(=O)C1CCC(Nc2cc(F)ccc2[N+](=O)[O-])CC1. The predicted molar refractivity (Wildman–Crippen MR) is 74.4 cm³/mol.